The standard InChI is InChI=1S/C21H23N5/c1-15-16(11-18(12-22)25(15)2)13-23-14-20-19-9-6-10-21(19)26(24-20)17-7-4-3-5-8-17/h3-5,7-8,11,23H,6,9-10,13-14H2,1-2H3. The summed E-state index contributed by atoms with van der Waals surface area (Å²) in [5.74, 6) is 0. The van der Waals surface area contributed by atoms with Crippen molar-refractivity contribution in [1.29, 1.82) is 5.26 Å². The van der Waals surface area contributed by atoms with E-state index in [0.717, 1.165) is 43.0 Å². The maximum atomic E-state index is 9.17. The third-order valence-corrected chi connectivity index (χ3v) is 5.38. The van der Waals surface area contributed by atoms with Gasteiger partial charge in [0.1, 0.15) is 11.8 Å². The van der Waals surface area contributed by atoms with Gasteiger partial charge in [0.2, 0.25) is 0 Å². The van der Waals surface area contributed by atoms with Crippen molar-refractivity contribution in [3.05, 3.63) is 70.3 Å². The van der Waals surface area contributed by atoms with Crippen molar-refractivity contribution in [3.8, 4) is 11.8 Å². The highest BCUT2D eigenvalue weighted by molar-refractivity contribution is 5.40. The highest BCUT2D eigenvalue weighted by Crippen LogP contribution is 2.27. The van der Waals surface area contributed by atoms with Gasteiger partial charge in [0.15, 0.2) is 0 Å². The minimum Gasteiger partial charge on any atom is -0.340 e. The summed E-state index contributed by atoms with van der Waals surface area (Å²) in [6.07, 6.45) is 3.42. The van der Waals surface area contributed by atoms with Crippen molar-refractivity contribution >= 4 is 0 Å². The Balaban J connectivity index is 1.52. The lowest BCUT2D eigenvalue weighted by Gasteiger charge is -2.06. The highest BCUT2D eigenvalue weighted by atomic mass is 15.3. The first-order chi connectivity index (χ1) is 12.7. The van der Waals surface area contributed by atoms with E-state index in [9.17, 15) is 5.26 Å². The SMILES string of the molecule is Cc1c(CNCc2nn(-c3ccccc3)c3c2CCC3)cc(C#N)n1C. The second-order valence-corrected chi connectivity index (χ2v) is 6.89. The van der Waals surface area contributed by atoms with Crippen LogP contribution >= 0.6 is 0 Å². The van der Waals surface area contributed by atoms with Gasteiger partial charge >= 0.3 is 0 Å². The number of nitrogens with one attached hydrogen (secondary N) is 1. The molecule has 2 aromatic heterocycles. The molecule has 2 heterocycles. The summed E-state index contributed by atoms with van der Waals surface area (Å²) in [5.41, 5.74) is 8.05. The Hall–Kier alpha value is -2.84. The summed E-state index contributed by atoms with van der Waals surface area (Å²) < 4.78 is 4.06. The molecule has 5 nitrogen and oxygen atoms in total. The van der Waals surface area contributed by atoms with Crippen molar-refractivity contribution in [2.75, 3.05) is 0 Å². The van der Waals surface area contributed by atoms with Crippen LogP contribution < -0.4 is 5.32 Å². The van der Waals surface area contributed by atoms with Gasteiger partial charge in [-0.15, -0.1) is 0 Å². The zero-order valence-corrected chi connectivity index (χ0v) is 15.3. The molecule has 0 saturated carbocycles. The van der Waals surface area contributed by atoms with E-state index in [4.69, 9.17) is 5.10 Å². The molecule has 0 atom stereocenters. The number of rotatable bonds is 5. The molecule has 0 spiro atoms. The average molecular weight is 345 g/mol. The Morgan fingerprint density at radius 1 is 1.19 bits per heavy atom. The molecule has 0 radical (unpaired) electrons. The van der Waals surface area contributed by atoms with E-state index in [2.05, 4.69) is 47.3 Å². The van der Waals surface area contributed by atoms with Gasteiger partial charge in [-0.05, 0) is 55.5 Å². The van der Waals surface area contributed by atoms with Gasteiger partial charge in [-0.3, -0.25) is 0 Å². The predicted molar refractivity (Wildman–Crippen MR) is 101 cm³/mol. The second kappa shape index (κ2) is 6.81. The second-order valence-electron chi connectivity index (χ2n) is 6.89. The fourth-order valence-corrected chi connectivity index (χ4v) is 3.80. The number of hydrogen-bond donors (Lipinski definition) is 1. The zero-order valence-electron chi connectivity index (χ0n) is 15.3. The van der Waals surface area contributed by atoms with Crippen molar-refractivity contribution < 1.29 is 0 Å². The molecule has 0 bridgehead atoms. The number of nitriles is 1. The Kier molecular flexibility index (Phi) is 4.36. The third kappa shape index (κ3) is 2.83. The van der Waals surface area contributed by atoms with Crippen LogP contribution in [0.25, 0.3) is 5.69 Å². The van der Waals surface area contributed by atoms with Crippen LogP contribution in [-0.2, 0) is 33.0 Å². The van der Waals surface area contributed by atoms with Crippen LogP contribution in [-0.4, -0.2) is 14.3 Å². The maximum absolute atomic E-state index is 9.17. The van der Waals surface area contributed by atoms with Gasteiger partial charge in [-0.25, -0.2) is 4.68 Å². The lowest BCUT2D eigenvalue weighted by molar-refractivity contribution is 0.654. The van der Waals surface area contributed by atoms with Gasteiger partial charge < -0.3 is 9.88 Å². The van der Waals surface area contributed by atoms with E-state index in [-0.39, 0.29) is 0 Å². The molecule has 5 heteroatoms. The number of nitrogens with zero attached hydrogens (tertiary/aromatic N) is 4. The molecule has 26 heavy (non-hydrogen) atoms. The van der Waals surface area contributed by atoms with Gasteiger partial charge in [0.25, 0.3) is 0 Å². The van der Waals surface area contributed by atoms with Crippen molar-refractivity contribution in [2.45, 2.75) is 39.3 Å². The summed E-state index contributed by atoms with van der Waals surface area (Å²) in [7, 11) is 1.94. The number of benzene rings is 1. The molecule has 4 rings (SSSR count). The molecular weight excluding hydrogens is 322 g/mol. The first kappa shape index (κ1) is 16.6. The maximum Gasteiger partial charge on any atom is 0.120 e. The molecule has 1 aliphatic carbocycles. The summed E-state index contributed by atoms with van der Waals surface area (Å²) in [6, 6.07) is 14.6. The van der Waals surface area contributed by atoms with Gasteiger partial charge in [0, 0.05) is 31.5 Å². The van der Waals surface area contributed by atoms with Crippen LogP contribution in [0.2, 0.25) is 0 Å². The normalized spacial score (nSPS) is 13.0. The molecule has 0 saturated heterocycles. The molecule has 1 aromatic carbocycles. The first-order valence-electron chi connectivity index (χ1n) is 9.10. The fraction of sp³-hybridized carbons (Fsp3) is 0.333. The molecule has 132 valence electrons. The summed E-state index contributed by atoms with van der Waals surface area (Å²) in [4.78, 5) is 0. The largest absolute Gasteiger partial charge is 0.340 e. The molecule has 3 aromatic rings. The van der Waals surface area contributed by atoms with Crippen molar-refractivity contribution in [1.82, 2.24) is 19.7 Å². The lowest BCUT2D eigenvalue weighted by atomic mass is 10.2. The Morgan fingerprint density at radius 2 is 2.00 bits per heavy atom. The van der Waals surface area contributed by atoms with Gasteiger partial charge in [-0.1, -0.05) is 18.2 Å². The van der Waals surface area contributed by atoms with Crippen LogP contribution in [0.1, 0.15) is 40.3 Å². The predicted octanol–water partition coefficient (Wildman–Crippen LogP) is 3.17. The minimum atomic E-state index is 0.702. The number of hydrogen-bond acceptors (Lipinski definition) is 3. The van der Waals surface area contributed by atoms with Gasteiger partial charge in [-0.2, -0.15) is 10.4 Å². The van der Waals surface area contributed by atoms with E-state index in [1.807, 2.05) is 23.7 Å². The molecule has 0 aliphatic heterocycles. The van der Waals surface area contributed by atoms with E-state index in [1.54, 1.807) is 0 Å². The van der Waals surface area contributed by atoms with E-state index in [1.165, 1.54) is 23.2 Å². The quantitative estimate of drug-likeness (QED) is 0.773. The fourth-order valence-electron chi connectivity index (χ4n) is 3.80. The number of aromatic nitrogens is 3. The van der Waals surface area contributed by atoms with Crippen LogP contribution in [0.15, 0.2) is 36.4 Å². The van der Waals surface area contributed by atoms with Gasteiger partial charge in [0.05, 0.1) is 11.4 Å². The topological polar surface area (TPSA) is 58.6 Å². The zero-order chi connectivity index (χ0) is 18.1. The molecule has 0 fully saturated rings. The smallest absolute Gasteiger partial charge is 0.120 e. The van der Waals surface area contributed by atoms with Crippen molar-refractivity contribution in [3.63, 3.8) is 0 Å². The third-order valence-electron chi connectivity index (χ3n) is 5.38. The molecular formula is C21H23N5. The number of fused-ring (bicyclic) bond motifs is 1. The molecule has 0 amide bonds. The summed E-state index contributed by atoms with van der Waals surface area (Å²) in [5, 5.41) is 17.6. The Morgan fingerprint density at radius 3 is 2.73 bits per heavy atom. The van der Waals surface area contributed by atoms with Crippen LogP contribution in [0.5, 0.6) is 0 Å². The number of para-hydroxylation sites is 1. The lowest BCUT2D eigenvalue weighted by Crippen LogP contribution is -2.15. The highest BCUT2D eigenvalue weighted by Gasteiger charge is 2.22. The first-order valence-corrected chi connectivity index (χ1v) is 9.10. The van der Waals surface area contributed by atoms with Crippen LogP contribution in [0.3, 0.4) is 0 Å². The summed E-state index contributed by atoms with van der Waals surface area (Å²) >= 11 is 0. The average Bonchev–Trinajstić information content (AvgIpc) is 3.34. The minimum absolute atomic E-state index is 0.702. The van der Waals surface area contributed by atoms with E-state index < -0.39 is 0 Å². The monoisotopic (exact) mass is 345 g/mol. The molecule has 0 unspecified atom stereocenters. The molecule has 1 aliphatic rings. The van der Waals surface area contributed by atoms with Crippen LogP contribution in [0.4, 0.5) is 0 Å². The van der Waals surface area contributed by atoms with E-state index >= 15 is 0 Å². The van der Waals surface area contributed by atoms with E-state index in [0.29, 0.717) is 5.69 Å². The molecule has 1 N–H and O–H groups in total. The van der Waals surface area contributed by atoms with Crippen molar-refractivity contribution in [2.24, 2.45) is 7.05 Å². The Bertz CT molecular complexity index is 972. The van der Waals surface area contributed by atoms with Crippen LogP contribution in [0, 0.1) is 18.3 Å². The summed E-state index contributed by atoms with van der Waals surface area (Å²) in [6.45, 7) is 3.55. The Labute approximate surface area is 153 Å².